The van der Waals surface area contributed by atoms with Crippen LogP contribution in [-0.2, 0) is 6.42 Å². The molecule has 104 valence electrons. The van der Waals surface area contributed by atoms with Gasteiger partial charge in [0.05, 0.1) is 12.6 Å². The summed E-state index contributed by atoms with van der Waals surface area (Å²) in [5, 5.41) is 1.56. The SMILES string of the molecule is CCC(N)Cc1cc2cc(OC)ccc2nc1Cl.Cl. The number of aromatic nitrogens is 1. The molecule has 2 aromatic rings. The van der Waals surface area contributed by atoms with Gasteiger partial charge in [-0.05, 0) is 42.7 Å². The summed E-state index contributed by atoms with van der Waals surface area (Å²) in [6, 6.07) is 7.90. The minimum atomic E-state index is 0. The lowest BCUT2D eigenvalue weighted by Crippen LogP contribution is -2.21. The lowest BCUT2D eigenvalue weighted by molar-refractivity contribution is 0.415. The lowest BCUT2D eigenvalue weighted by atomic mass is 10.0. The predicted octanol–water partition coefficient (Wildman–Crippen LogP) is 3.60. The maximum atomic E-state index is 6.18. The zero-order chi connectivity index (χ0) is 13.1. The number of nitrogens with zero attached hydrogens (tertiary/aromatic N) is 1. The van der Waals surface area contributed by atoms with Crippen molar-refractivity contribution >= 4 is 34.9 Å². The highest BCUT2D eigenvalue weighted by molar-refractivity contribution is 6.30. The van der Waals surface area contributed by atoms with E-state index < -0.39 is 0 Å². The largest absolute Gasteiger partial charge is 0.497 e. The molecule has 0 fully saturated rings. The van der Waals surface area contributed by atoms with Crippen LogP contribution < -0.4 is 10.5 Å². The van der Waals surface area contributed by atoms with Crippen LogP contribution >= 0.6 is 24.0 Å². The molecule has 1 aromatic heterocycles. The zero-order valence-electron chi connectivity index (χ0n) is 11.0. The Hall–Kier alpha value is -1.03. The minimum Gasteiger partial charge on any atom is -0.497 e. The molecule has 19 heavy (non-hydrogen) atoms. The van der Waals surface area contributed by atoms with Gasteiger partial charge in [0.15, 0.2) is 0 Å². The van der Waals surface area contributed by atoms with Crippen molar-refractivity contribution in [2.24, 2.45) is 5.73 Å². The van der Waals surface area contributed by atoms with Gasteiger partial charge >= 0.3 is 0 Å². The van der Waals surface area contributed by atoms with Crippen molar-refractivity contribution in [1.29, 1.82) is 0 Å². The van der Waals surface area contributed by atoms with Crippen molar-refractivity contribution in [2.45, 2.75) is 25.8 Å². The van der Waals surface area contributed by atoms with Crippen molar-refractivity contribution in [3.63, 3.8) is 0 Å². The van der Waals surface area contributed by atoms with Gasteiger partial charge in [-0.2, -0.15) is 0 Å². The van der Waals surface area contributed by atoms with Gasteiger partial charge in [-0.1, -0.05) is 18.5 Å². The van der Waals surface area contributed by atoms with Gasteiger partial charge in [-0.15, -0.1) is 12.4 Å². The Balaban J connectivity index is 0.00000180. The first-order chi connectivity index (χ1) is 8.63. The summed E-state index contributed by atoms with van der Waals surface area (Å²) in [4.78, 5) is 4.39. The Morgan fingerprint density at radius 3 is 2.74 bits per heavy atom. The van der Waals surface area contributed by atoms with E-state index in [2.05, 4.69) is 11.9 Å². The van der Waals surface area contributed by atoms with E-state index in [0.29, 0.717) is 5.15 Å². The summed E-state index contributed by atoms with van der Waals surface area (Å²) in [6.45, 7) is 2.07. The Labute approximate surface area is 124 Å². The highest BCUT2D eigenvalue weighted by Gasteiger charge is 2.09. The van der Waals surface area contributed by atoms with Crippen molar-refractivity contribution < 1.29 is 4.74 Å². The van der Waals surface area contributed by atoms with Crippen molar-refractivity contribution in [1.82, 2.24) is 4.98 Å². The third kappa shape index (κ3) is 3.72. The highest BCUT2D eigenvalue weighted by atomic mass is 35.5. The van der Waals surface area contributed by atoms with Gasteiger partial charge in [0.2, 0.25) is 0 Å². The fourth-order valence-electron chi connectivity index (χ4n) is 1.87. The normalized spacial score (nSPS) is 12.0. The molecule has 1 unspecified atom stereocenters. The molecule has 0 saturated carbocycles. The van der Waals surface area contributed by atoms with Crippen molar-refractivity contribution in [3.05, 3.63) is 35.0 Å². The quantitative estimate of drug-likeness (QED) is 0.878. The molecule has 0 radical (unpaired) electrons. The molecular weight excluding hydrogens is 283 g/mol. The molecule has 0 amide bonds. The van der Waals surface area contributed by atoms with E-state index in [-0.39, 0.29) is 18.4 Å². The number of methoxy groups -OCH3 is 1. The number of fused-ring (bicyclic) bond motifs is 1. The van der Waals surface area contributed by atoms with E-state index in [1.165, 1.54) is 0 Å². The van der Waals surface area contributed by atoms with E-state index in [4.69, 9.17) is 22.1 Å². The third-order valence-electron chi connectivity index (χ3n) is 3.05. The van der Waals surface area contributed by atoms with Crippen molar-refractivity contribution in [2.75, 3.05) is 7.11 Å². The molecule has 1 heterocycles. The average molecular weight is 301 g/mol. The average Bonchev–Trinajstić information content (AvgIpc) is 2.39. The maximum Gasteiger partial charge on any atom is 0.133 e. The monoisotopic (exact) mass is 300 g/mol. The number of hydrogen-bond acceptors (Lipinski definition) is 3. The number of rotatable bonds is 4. The van der Waals surface area contributed by atoms with Crippen LogP contribution in [0, 0.1) is 0 Å². The molecule has 0 aliphatic heterocycles. The summed E-state index contributed by atoms with van der Waals surface area (Å²) < 4.78 is 5.21. The van der Waals surface area contributed by atoms with Crippen LogP contribution in [-0.4, -0.2) is 18.1 Å². The summed E-state index contributed by atoms with van der Waals surface area (Å²) in [6.07, 6.45) is 1.67. The summed E-state index contributed by atoms with van der Waals surface area (Å²) >= 11 is 6.18. The maximum absolute atomic E-state index is 6.18. The molecule has 2 N–H and O–H groups in total. The molecule has 0 bridgehead atoms. The third-order valence-corrected chi connectivity index (χ3v) is 3.38. The first-order valence-corrected chi connectivity index (χ1v) is 6.40. The number of hydrogen-bond donors (Lipinski definition) is 1. The standard InChI is InChI=1S/C14H17ClN2O.ClH/c1-3-11(16)7-10-6-9-8-12(18-2)4-5-13(9)17-14(10)15;/h4-6,8,11H,3,7,16H2,1-2H3;1H. The van der Waals surface area contributed by atoms with Gasteiger partial charge in [0.25, 0.3) is 0 Å². The molecular formula is C14H18Cl2N2O. The Bertz CT molecular complexity index is 560. The Morgan fingerprint density at radius 1 is 1.37 bits per heavy atom. The van der Waals surface area contributed by atoms with Crippen molar-refractivity contribution in [3.8, 4) is 5.75 Å². The van der Waals surface area contributed by atoms with Crippen LogP contribution in [0.15, 0.2) is 24.3 Å². The van der Waals surface area contributed by atoms with E-state index in [9.17, 15) is 0 Å². The second kappa shape index (κ2) is 6.94. The fraction of sp³-hybridized carbons (Fsp3) is 0.357. The minimum absolute atomic E-state index is 0. The molecule has 3 nitrogen and oxygen atoms in total. The second-order valence-corrected chi connectivity index (χ2v) is 4.73. The molecule has 2 rings (SSSR count). The molecule has 0 saturated heterocycles. The smallest absolute Gasteiger partial charge is 0.133 e. The van der Waals surface area contributed by atoms with Gasteiger partial charge in [0, 0.05) is 11.4 Å². The first-order valence-electron chi connectivity index (χ1n) is 6.02. The number of ether oxygens (including phenoxy) is 1. The number of nitrogens with two attached hydrogens (primary N) is 1. The predicted molar refractivity (Wildman–Crippen MR) is 82.5 cm³/mol. The highest BCUT2D eigenvalue weighted by Crippen LogP contribution is 2.25. The van der Waals surface area contributed by atoms with Crippen LogP contribution in [0.1, 0.15) is 18.9 Å². The lowest BCUT2D eigenvalue weighted by Gasteiger charge is -2.11. The van der Waals surface area contributed by atoms with Gasteiger partial charge in [-0.25, -0.2) is 4.98 Å². The van der Waals surface area contributed by atoms with Crippen LogP contribution in [0.2, 0.25) is 5.15 Å². The van der Waals surface area contributed by atoms with Gasteiger partial charge in [-0.3, -0.25) is 0 Å². The Kier molecular flexibility index (Phi) is 5.85. The van der Waals surface area contributed by atoms with E-state index in [0.717, 1.165) is 35.1 Å². The zero-order valence-corrected chi connectivity index (χ0v) is 12.6. The van der Waals surface area contributed by atoms with E-state index in [1.807, 2.05) is 24.3 Å². The molecule has 0 aliphatic rings. The summed E-state index contributed by atoms with van der Waals surface area (Å²) in [5.74, 6) is 0.817. The van der Waals surface area contributed by atoms with Gasteiger partial charge < -0.3 is 10.5 Å². The van der Waals surface area contributed by atoms with Crippen LogP contribution in [0.25, 0.3) is 10.9 Å². The summed E-state index contributed by atoms with van der Waals surface area (Å²) in [5.41, 5.74) is 7.83. The number of benzene rings is 1. The second-order valence-electron chi connectivity index (χ2n) is 4.37. The molecule has 1 aromatic carbocycles. The number of halogens is 2. The molecule has 1 atom stereocenters. The topological polar surface area (TPSA) is 48.1 Å². The molecule has 0 spiro atoms. The van der Waals surface area contributed by atoms with Crippen LogP contribution in [0.4, 0.5) is 0 Å². The fourth-order valence-corrected chi connectivity index (χ4v) is 2.09. The van der Waals surface area contributed by atoms with E-state index >= 15 is 0 Å². The Morgan fingerprint density at radius 2 is 2.11 bits per heavy atom. The molecule has 5 heteroatoms. The van der Waals surface area contributed by atoms with Gasteiger partial charge in [0.1, 0.15) is 10.9 Å². The number of pyridine rings is 1. The summed E-state index contributed by atoms with van der Waals surface area (Å²) in [7, 11) is 1.65. The van der Waals surface area contributed by atoms with Crippen LogP contribution in [0.3, 0.4) is 0 Å². The first kappa shape index (κ1) is 16.0. The van der Waals surface area contributed by atoms with E-state index in [1.54, 1.807) is 7.11 Å². The molecule has 0 aliphatic carbocycles. The van der Waals surface area contributed by atoms with Crippen LogP contribution in [0.5, 0.6) is 5.75 Å².